The molecule has 12 nitrogen and oxygen atoms in total. The molecule has 8 rings (SSSR count). The molecule has 1 saturated carbocycles. The number of carbonyl (C=O) groups excluding carboxylic acids is 3. The molecule has 5 heterocycles. The first-order valence-electron chi connectivity index (χ1n) is 21.1. The Morgan fingerprint density at radius 1 is 0.966 bits per heavy atom. The monoisotopic (exact) mass is 792 g/mol. The number of amides is 3. The normalized spacial score (nSPS) is 20.9. The van der Waals surface area contributed by atoms with E-state index in [0.717, 1.165) is 42.7 Å². The van der Waals surface area contributed by atoms with Crippen LogP contribution < -0.4 is 15.5 Å². The standard InChI is InChI=1S/C45H57FN8O4/c1-26(2)48-41(55)32-23-36(34(46)19-28(32)5)50-40-39-37(47-25-53(39)27(3)4)24-35(49-40)29-11-12-33-38(20-29)54(31-21-30(22-31)51-15-9-8-10-16-51)43(57)45(33)13-17-52(18-14-45)42(56)44(6,7)58/h11-12,19-20,23-27,30-31,58H,8-10,13-18,21-22H2,1-7H3,(H,48,55)(H,49,50). The molecular formula is C45H57FN8O4. The van der Waals surface area contributed by atoms with Gasteiger partial charge in [-0.3, -0.25) is 14.4 Å². The van der Waals surface area contributed by atoms with Crippen LogP contribution in [0.1, 0.15) is 114 Å². The number of nitrogens with zero attached hydrogens (tertiary/aromatic N) is 6. The van der Waals surface area contributed by atoms with E-state index in [2.05, 4.69) is 27.7 Å². The van der Waals surface area contributed by atoms with Gasteiger partial charge in [-0.25, -0.2) is 14.4 Å². The summed E-state index contributed by atoms with van der Waals surface area (Å²) in [7, 11) is 0. The highest BCUT2D eigenvalue weighted by molar-refractivity contribution is 6.09. The van der Waals surface area contributed by atoms with Crippen LogP contribution in [0, 0.1) is 12.7 Å². The molecule has 3 aliphatic heterocycles. The lowest BCUT2D eigenvalue weighted by Gasteiger charge is -2.48. The molecule has 0 bridgehead atoms. The number of pyridine rings is 1. The fraction of sp³-hybridized carbons (Fsp3) is 0.533. The van der Waals surface area contributed by atoms with Crippen molar-refractivity contribution in [2.45, 2.75) is 129 Å². The average molecular weight is 793 g/mol. The number of fused-ring (bicyclic) bond motifs is 3. The topological polar surface area (TPSA) is 136 Å². The van der Waals surface area contributed by atoms with Crippen LogP contribution in [0.2, 0.25) is 0 Å². The third-order valence-corrected chi connectivity index (χ3v) is 12.8. The van der Waals surface area contributed by atoms with Crippen molar-refractivity contribution >= 4 is 45.9 Å². The number of aryl methyl sites for hydroxylation is 1. The lowest BCUT2D eigenvalue weighted by atomic mass is 9.73. The number of rotatable bonds is 9. The summed E-state index contributed by atoms with van der Waals surface area (Å²) in [5.74, 6) is -0.632. The Labute approximate surface area is 340 Å². The van der Waals surface area contributed by atoms with E-state index in [1.807, 2.05) is 49.3 Å². The lowest BCUT2D eigenvalue weighted by molar-refractivity contribution is -0.150. The van der Waals surface area contributed by atoms with Crippen LogP contribution in [0.5, 0.6) is 0 Å². The van der Waals surface area contributed by atoms with Crippen LogP contribution in [0.15, 0.2) is 42.7 Å². The van der Waals surface area contributed by atoms with Crippen LogP contribution in [0.3, 0.4) is 0 Å². The van der Waals surface area contributed by atoms with Crippen molar-refractivity contribution in [3.8, 4) is 11.3 Å². The summed E-state index contributed by atoms with van der Waals surface area (Å²) in [5.41, 5.74) is 3.38. The van der Waals surface area contributed by atoms with Gasteiger partial charge in [0.15, 0.2) is 5.82 Å². The fourth-order valence-electron chi connectivity index (χ4n) is 9.59. The number of nitrogens with one attached hydrogen (secondary N) is 2. The number of likely N-dealkylation sites (tertiary alicyclic amines) is 2. The van der Waals surface area contributed by atoms with Gasteiger partial charge in [-0.15, -0.1) is 0 Å². The van der Waals surface area contributed by atoms with Crippen molar-refractivity contribution in [3.05, 3.63) is 65.2 Å². The minimum atomic E-state index is -1.48. The third-order valence-electron chi connectivity index (χ3n) is 12.8. The van der Waals surface area contributed by atoms with E-state index in [9.17, 15) is 19.5 Å². The molecule has 2 saturated heterocycles. The molecule has 0 unspecified atom stereocenters. The number of aliphatic hydroxyl groups is 1. The summed E-state index contributed by atoms with van der Waals surface area (Å²) in [6.07, 6.45) is 8.25. The molecule has 308 valence electrons. The molecule has 1 spiro atoms. The molecule has 3 N–H and O–H groups in total. The highest BCUT2D eigenvalue weighted by atomic mass is 19.1. The summed E-state index contributed by atoms with van der Waals surface area (Å²) in [6.45, 7) is 15.6. The third kappa shape index (κ3) is 7.03. The van der Waals surface area contributed by atoms with Crippen molar-refractivity contribution in [1.29, 1.82) is 0 Å². The zero-order valence-electron chi connectivity index (χ0n) is 34.9. The van der Waals surface area contributed by atoms with Gasteiger partial charge in [-0.2, -0.15) is 0 Å². The Hall–Kier alpha value is -4.88. The van der Waals surface area contributed by atoms with Gasteiger partial charge in [0.05, 0.1) is 28.6 Å². The first-order chi connectivity index (χ1) is 27.6. The highest BCUT2D eigenvalue weighted by Crippen LogP contribution is 2.52. The Bertz CT molecular complexity index is 2260. The van der Waals surface area contributed by atoms with Crippen molar-refractivity contribution in [2.75, 3.05) is 36.4 Å². The summed E-state index contributed by atoms with van der Waals surface area (Å²) in [4.78, 5) is 57.3. The van der Waals surface area contributed by atoms with Crippen LogP contribution in [-0.2, 0) is 15.0 Å². The molecule has 13 heteroatoms. The van der Waals surface area contributed by atoms with Crippen LogP contribution in [0.4, 0.5) is 21.6 Å². The van der Waals surface area contributed by atoms with E-state index in [4.69, 9.17) is 9.97 Å². The number of imidazole rings is 1. The van der Waals surface area contributed by atoms with E-state index in [0.29, 0.717) is 65.6 Å². The fourth-order valence-corrected chi connectivity index (χ4v) is 9.59. The number of aromatic nitrogens is 3. The molecule has 3 amide bonds. The van der Waals surface area contributed by atoms with Gasteiger partial charge in [0, 0.05) is 54.1 Å². The van der Waals surface area contributed by atoms with Crippen molar-refractivity contribution in [1.82, 2.24) is 29.7 Å². The van der Waals surface area contributed by atoms with Gasteiger partial charge in [0.1, 0.15) is 16.9 Å². The Kier molecular flexibility index (Phi) is 10.4. The second-order valence-corrected chi connectivity index (χ2v) is 18.1. The maximum atomic E-state index is 15.7. The predicted molar refractivity (Wildman–Crippen MR) is 224 cm³/mol. The molecule has 3 fully saturated rings. The highest BCUT2D eigenvalue weighted by Gasteiger charge is 2.56. The summed E-state index contributed by atoms with van der Waals surface area (Å²) in [5, 5.41) is 16.7. The van der Waals surface area contributed by atoms with Crippen molar-refractivity contribution in [2.24, 2.45) is 0 Å². The zero-order valence-corrected chi connectivity index (χ0v) is 34.9. The van der Waals surface area contributed by atoms with Gasteiger partial charge in [-0.05, 0) is 135 Å². The van der Waals surface area contributed by atoms with E-state index in [1.54, 1.807) is 18.2 Å². The van der Waals surface area contributed by atoms with Crippen LogP contribution >= 0.6 is 0 Å². The van der Waals surface area contributed by atoms with Gasteiger partial charge < -0.3 is 35.0 Å². The second kappa shape index (κ2) is 15.1. The molecule has 2 aromatic carbocycles. The van der Waals surface area contributed by atoms with Gasteiger partial charge in [0.2, 0.25) is 5.91 Å². The summed E-state index contributed by atoms with van der Waals surface area (Å²) < 4.78 is 17.7. The number of carbonyl (C=O) groups is 3. The Balaban J connectivity index is 1.18. The van der Waals surface area contributed by atoms with E-state index >= 15 is 4.39 Å². The zero-order chi connectivity index (χ0) is 41.3. The number of halogens is 1. The smallest absolute Gasteiger partial charge is 0.253 e. The molecule has 4 aliphatic rings. The molecule has 0 atom stereocenters. The molecule has 0 radical (unpaired) electrons. The minimum Gasteiger partial charge on any atom is -0.381 e. The number of piperidine rings is 2. The van der Waals surface area contributed by atoms with Crippen LogP contribution in [-0.4, -0.2) is 97.1 Å². The Morgan fingerprint density at radius 3 is 2.33 bits per heavy atom. The van der Waals surface area contributed by atoms with Crippen LogP contribution in [0.25, 0.3) is 22.3 Å². The summed E-state index contributed by atoms with van der Waals surface area (Å²) in [6, 6.07) is 11.4. The number of benzene rings is 2. The summed E-state index contributed by atoms with van der Waals surface area (Å²) >= 11 is 0. The minimum absolute atomic E-state index is 0.0330. The molecule has 4 aromatic rings. The average Bonchev–Trinajstić information content (AvgIpc) is 3.69. The second-order valence-electron chi connectivity index (χ2n) is 18.1. The van der Waals surface area contributed by atoms with E-state index in [-0.39, 0.29) is 41.5 Å². The van der Waals surface area contributed by atoms with Gasteiger partial charge in [-0.1, -0.05) is 18.6 Å². The number of hydrogen-bond acceptors (Lipinski definition) is 8. The quantitative estimate of drug-likeness (QED) is 0.165. The van der Waals surface area contributed by atoms with Gasteiger partial charge >= 0.3 is 0 Å². The number of anilines is 3. The first-order valence-corrected chi connectivity index (χ1v) is 21.1. The number of hydrogen-bond donors (Lipinski definition) is 3. The molecular weight excluding hydrogens is 736 g/mol. The molecule has 2 aromatic heterocycles. The first kappa shape index (κ1) is 39.9. The maximum absolute atomic E-state index is 15.7. The van der Waals surface area contributed by atoms with Crippen molar-refractivity contribution in [3.63, 3.8) is 0 Å². The largest absolute Gasteiger partial charge is 0.381 e. The SMILES string of the molecule is Cc1cc(F)c(Nc2nc(-c3ccc4c(c3)N(C3CC(N5CCCCC5)C3)C(=O)C43CCN(C(=O)C(C)(C)O)CC3)cc3ncn(C(C)C)c23)cc1C(=O)NC(C)C. The molecule has 58 heavy (non-hydrogen) atoms. The van der Waals surface area contributed by atoms with Crippen molar-refractivity contribution < 1.29 is 23.9 Å². The Morgan fingerprint density at radius 2 is 1.67 bits per heavy atom. The lowest BCUT2D eigenvalue weighted by Crippen LogP contribution is -2.59. The van der Waals surface area contributed by atoms with Gasteiger partial charge in [0.25, 0.3) is 11.8 Å². The molecule has 1 aliphatic carbocycles. The predicted octanol–water partition coefficient (Wildman–Crippen LogP) is 7.00. The van der Waals surface area contributed by atoms with E-state index < -0.39 is 16.8 Å². The maximum Gasteiger partial charge on any atom is 0.253 e. The van der Waals surface area contributed by atoms with E-state index in [1.165, 1.54) is 45.2 Å².